The van der Waals surface area contributed by atoms with Crippen LogP contribution in [0, 0.1) is 11.7 Å². The third-order valence-corrected chi connectivity index (χ3v) is 8.24. The van der Waals surface area contributed by atoms with Gasteiger partial charge in [-0.25, -0.2) is 27.2 Å². The average molecular weight is 566 g/mol. The van der Waals surface area contributed by atoms with Crippen molar-refractivity contribution in [3.63, 3.8) is 0 Å². The number of rotatable bonds is 10. The number of aromatic nitrogens is 3. The summed E-state index contributed by atoms with van der Waals surface area (Å²) in [4.78, 5) is 20.0. The Morgan fingerprint density at radius 2 is 1.92 bits per heavy atom. The summed E-state index contributed by atoms with van der Waals surface area (Å²) in [5.41, 5.74) is 2.49. The molecule has 0 saturated carbocycles. The van der Waals surface area contributed by atoms with Gasteiger partial charge in [0.25, 0.3) is 5.91 Å². The monoisotopic (exact) mass is 565 g/mol. The maximum Gasteiger partial charge on any atom is 0.283 e. The molecule has 9 nitrogen and oxygen atoms in total. The van der Waals surface area contributed by atoms with Crippen LogP contribution in [-0.4, -0.2) is 67.5 Å². The van der Waals surface area contributed by atoms with Crippen LogP contribution in [0.15, 0.2) is 30.3 Å². The van der Waals surface area contributed by atoms with E-state index in [2.05, 4.69) is 14.6 Å². The highest BCUT2D eigenvalue weighted by Gasteiger charge is 2.28. The Morgan fingerprint density at radius 3 is 2.53 bits per heavy atom. The van der Waals surface area contributed by atoms with Gasteiger partial charge in [0, 0.05) is 32.7 Å². The summed E-state index contributed by atoms with van der Waals surface area (Å²) < 4.78 is 47.6. The smallest absolute Gasteiger partial charge is 0.283 e. The van der Waals surface area contributed by atoms with Crippen molar-refractivity contribution >= 4 is 44.3 Å². The number of nitrogens with zero attached hydrogens (tertiary/aromatic N) is 4. The molecule has 38 heavy (non-hydrogen) atoms. The maximum absolute atomic E-state index is 13.7. The van der Waals surface area contributed by atoms with Gasteiger partial charge >= 0.3 is 0 Å². The van der Waals surface area contributed by atoms with E-state index in [1.165, 1.54) is 12.1 Å². The number of methoxy groups -OCH3 is 1. The van der Waals surface area contributed by atoms with E-state index in [9.17, 15) is 17.6 Å². The molecule has 3 aromatic rings. The second-order valence-electron chi connectivity index (χ2n) is 9.83. The molecule has 0 unspecified atom stereocenters. The number of amides is 1. The number of piperidine rings is 1. The summed E-state index contributed by atoms with van der Waals surface area (Å²) in [7, 11) is -2.19. The lowest BCUT2D eigenvalue weighted by molar-refractivity contribution is 0.0977. The number of sulfonamides is 1. The standard InChI is InChI=1S/C26H33ClFN5O4S/c1-17(2)24-23-22(32-12-9-18(10-13-32)16-37-3)15-21(26(34)31-38(35,36)14-4-11-27)29-25(23)33(30-24)20-7-5-19(28)6-8-20/h5-8,15,17-18H,4,9-14,16H2,1-3H3,(H,31,34). The van der Waals surface area contributed by atoms with E-state index in [0.717, 1.165) is 42.7 Å². The van der Waals surface area contributed by atoms with Crippen molar-refractivity contribution in [1.29, 1.82) is 0 Å². The number of hydrogen-bond acceptors (Lipinski definition) is 7. The highest BCUT2D eigenvalue weighted by molar-refractivity contribution is 7.90. The minimum atomic E-state index is -3.89. The number of nitrogens with one attached hydrogen (secondary N) is 1. The number of anilines is 1. The summed E-state index contributed by atoms with van der Waals surface area (Å²) in [6, 6.07) is 7.49. The number of halogens is 2. The topological polar surface area (TPSA) is 106 Å². The van der Waals surface area contributed by atoms with Crippen LogP contribution in [0.5, 0.6) is 0 Å². The first-order chi connectivity index (χ1) is 18.1. The lowest BCUT2D eigenvalue weighted by Crippen LogP contribution is -2.36. The second-order valence-corrected chi connectivity index (χ2v) is 12.1. The first kappa shape index (κ1) is 28.3. The fourth-order valence-corrected chi connectivity index (χ4v) is 6.03. The van der Waals surface area contributed by atoms with Gasteiger partial charge in [-0.15, -0.1) is 11.6 Å². The number of hydrogen-bond donors (Lipinski definition) is 1. The normalized spacial score (nSPS) is 14.9. The second kappa shape index (κ2) is 12.0. The molecule has 0 aliphatic carbocycles. The van der Waals surface area contributed by atoms with Crippen molar-refractivity contribution < 1.29 is 22.3 Å². The number of alkyl halides is 1. The van der Waals surface area contributed by atoms with Crippen molar-refractivity contribution in [2.75, 3.05) is 43.3 Å². The molecule has 0 spiro atoms. The molecule has 206 valence electrons. The Bertz CT molecular complexity index is 1390. The van der Waals surface area contributed by atoms with Crippen LogP contribution in [0.25, 0.3) is 16.7 Å². The van der Waals surface area contributed by atoms with Crippen molar-refractivity contribution in [2.24, 2.45) is 5.92 Å². The SMILES string of the molecule is COCC1CCN(c2cc(C(=O)NS(=O)(=O)CCCCl)nc3c2c(C(C)C)nn3-c2ccc(F)cc2)CC1. The van der Waals surface area contributed by atoms with E-state index in [0.29, 0.717) is 23.9 Å². The minimum Gasteiger partial charge on any atom is -0.384 e. The van der Waals surface area contributed by atoms with Gasteiger partial charge in [0.1, 0.15) is 11.5 Å². The number of ether oxygens (including phenoxy) is 1. The van der Waals surface area contributed by atoms with Gasteiger partial charge in [0.05, 0.1) is 28.2 Å². The highest BCUT2D eigenvalue weighted by Crippen LogP contribution is 2.36. The summed E-state index contributed by atoms with van der Waals surface area (Å²) in [5, 5.41) is 5.61. The van der Waals surface area contributed by atoms with Crippen LogP contribution in [-0.2, 0) is 14.8 Å². The Labute approximate surface area is 227 Å². The number of carbonyl (C=O) groups is 1. The molecule has 1 aliphatic heterocycles. The van der Waals surface area contributed by atoms with Crippen LogP contribution >= 0.6 is 11.6 Å². The van der Waals surface area contributed by atoms with E-state index in [-0.39, 0.29) is 35.5 Å². The molecular formula is C26H33ClFN5O4S. The molecule has 0 radical (unpaired) electrons. The highest BCUT2D eigenvalue weighted by atomic mass is 35.5. The quantitative estimate of drug-likeness (QED) is 0.367. The Hall–Kier alpha value is -2.76. The summed E-state index contributed by atoms with van der Waals surface area (Å²) >= 11 is 5.64. The lowest BCUT2D eigenvalue weighted by atomic mass is 9.96. The van der Waals surface area contributed by atoms with Gasteiger partial charge in [-0.1, -0.05) is 13.8 Å². The first-order valence-corrected chi connectivity index (χ1v) is 14.9. The van der Waals surface area contributed by atoms with Crippen LogP contribution in [0.2, 0.25) is 0 Å². The summed E-state index contributed by atoms with van der Waals surface area (Å²) in [6.07, 6.45) is 2.04. The van der Waals surface area contributed by atoms with Gasteiger partial charge in [-0.2, -0.15) is 5.10 Å². The van der Waals surface area contributed by atoms with Gasteiger partial charge in [0.15, 0.2) is 5.65 Å². The molecule has 1 aromatic carbocycles. The van der Waals surface area contributed by atoms with E-state index in [1.54, 1.807) is 30.0 Å². The average Bonchev–Trinajstić information content (AvgIpc) is 3.28. The molecule has 0 atom stereocenters. The van der Waals surface area contributed by atoms with Gasteiger partial charge < -0.3 is 9.64 Å². The van der Waals surface area contributed by atoms with Gasteiger partial charge in [-0.05, 0) is 61.4 Å². The number of fused-ring (bicyclic) bond motifs is 1. The van der Waals surface area contributed by atoms with Crippen LogP contribution in [0.4, 0.5) is 10.1 Å². The van der Waals surface area contributed by atoms with Gasteiger partial charge in [-0.3, -0.25) is 4.79 Å². The van der Waals surface area contributed by atoms with Gasteiger partial charge in [0.2, 0.25) is 10.0 Å². The summed E-state index contributed by atoms with van der Waals surface area (Å²) in [6.45, 7) is 6.21. The molecule has 1 amide bonds. The van der Waals surface area contributed by atoms with Crippen LogP contribution in [0.3, 0.4) is 0 Å². The van der Waals surface area contributed by atoms with E-state index in [4.69, 9.17) is 21.4 Å². The minimum absolute atomic E-state index is 0.0291. The molecule has 3 heterocycles. The molecule has 1 N–H and O–H groups in total. The first-order valence-electron chi connectivity index (χ1n) is 12.7. The molecule has 1 saturated heterocycles. The third-order valence-electron chi connectivity index (χ3n) is 6.65. The largest absolute Gasteiger partial charge is 0.384 e. The molecule has 2 aromatic heterocycles. The zero-order valence-corrected chi connectivity index (χ0v) is 23.4. The number of carbonyl (C=O) groups excluding carboxylic acids is 1. The lowest BCUT2D eigenvalue weighted by Gasteiger charge is -2.34. The molecule has 1 aliphatic rings. The molecular weight excluding hydrogens is 533 g/mol. The molecule has 4 rings (SSSR count). The summed E-state index contributed by atoms with van der Waals surface area (Å²) in [5.74, 6) is -0.845. The predicted molar refractivity (Wildman–Crippen MR) is 146 cm³/mol. The molecule has 0 bridgehead atoms. The zero-order valence-electron chi connectivity index (χ0n) is 21.8. The zero-order chi connectivity index (χ0) is 27.4. The van der Waals surface area contributed by atoms with Crippen LogP contribution < -0.4 is 9.62 Å². The Morgan fingerprint density at radius 1 is 1.24 bits per heavy atom. The van der Waals surface area contributed by atoms with Crippen LogP contribution in [0.1, 0.15) is 55.2 Å². The van der Waals surface area contributed by atoms with Crippen molar-refractivity contribution in [3.05, 3.63) is 47.5 Å². The fourth-order valence-electron chi connectivity index (χ4n) is 4.72. The van der Waals surface area contributed by atoms with Crippen molar-refractivity contribution in [2.45, 2.75) is 39.0 Å². The third kappa shape index (κ3) is 6.27. The van der Waals surface area contributed by atoms with E-state index >= 15 is 0 Å². The maximum atomic E-state index is 13.7. The van der Waals surface area contributed by atoms with Crippen molar-refractivity contribution in [3.8, 4) is 5.69 Å². The number of benzene rings is 1. The fraction of sp³-hybridized carbons (Fsp3) is 0.500. The predicted octanol–water partition coefficient (Wildman–Crippen LogP) is 4.23. The Kier molecular flexibility index (Phi) is 8.89. The van der Waals surface area contributed by atoms with E-state index in [1.807, 2.05) is 13.8 Å². The molecule has 1 fully saturated rings. The molecule has 12 heteroatoms. The number of pyridine rings is 1. The Balaban J connectivity index is 1.86. The van der Waals surface area contributed by atoms with E-state index < -0.39 is 15.9 Å². The van der Waals surface area contributed by atoms with Crippen molar-refractivity contribution in [1.82, 2.24) is 19.5 Å².